The zero-order chi connectivity index (χ0) is 24.7. The summed E-state index contributed by atoms with van der Waals surface area (Å²) in [4.78, 5) is 0. The van der Waals surface area contributed by atoms with Gasteiger partial charge in [0.25, 0.3) is 0 Å². The number of allylic oxidation sites excluding steroid dienone is 1. The molecule has 0 heterocycles. The van der Waals surface area contributed by atoms with Gasteiger partial charge in [-0.15, -0.1) is 4.21 Å². The van der Waals surface area contributed by atoms with E-state index in [9.17, 15) is 39.1 Å². The van der Waals surface area contributed by atoms with Crippen molar-refractivity contribution in [3.8, 4) is 12.1 Å². The van der Waals surface area contributed by atoms with Crippen molar-refractivity contribution in [3.63, 3.8) is 0 Å². The molecule has 0 spiro atoms. The monoisotopic (exact) mass is 480 g/mol. The van der Waals surface area contributed by atoms with Crippen LogP contribution in [0.5, 0.6) is 0 Å². The second-order valence-electron chi connectivity index (χ2n) is 6.38. The third kappa shape index (κ3) is 7.20. The Morgan fingerprint density at radius 1 is 0.906 bits per heavy atom. The highest BCUT2D eigenvalue weighted by atomic mass is 32.2. The molecule has 0 fully saturated rings. The topological polar surface area (TPSA) is 64.7 Å². The van der Waals surface area contributed by atoms with Gasteiger partial charge in [0.1, 0.15) is 47.1 Å². The Kier molecular flexibility index (Phi) is 9.15. The van der Waals surface area contributed by atoms with Gasteiger partial charge in [0.2, 0.25) is 0 Å². The fourth-order valence-corrected chi connectivity index (χ4v) is 3.81. The summed E-state index contributed by atoms with van der Waals surface area (Å²) < 4.78 is 110. The quantitative estimate of drug-likeness (QED) is 0.155. The van der Waals surface area contributed by atoms with E-state index in [4.69, 9.17) is 10.5 Å². The number of benzene rings is 2. The van der Waals surface area contributed by atoms with Crippen LogP contribution in [0.3, 0.4) is 0 Å². The van der Waals surface area contributed by atoms with E-state index in [2.05, 4.69) is 0 Å². The van der Waals surface area contributed by atoms with Crippen molar-refractivity contribution in [3.05, 3.63) is 76.6 Å². The first-order chi connectivity index (χ1) is 14.7. The molecule has 1 unspecified atom stereocenters. The molecule has 0 amide bonds. The van der Waals surface area contributed by atoms with Gasteiger partial charge in [0, 0.05) is 5.56 Å². The first-order valence-electron chi connectivity index (χ1n) is 8.45. The van der Waals surface area contributed by atoms with Crippen LogP contribution in [0.2, 0.25) is 0 Å². The zero-order valence-corrected chi connectivity index (χ0v) is 17.0. The third-order valence-corrected chi connectivity index (χ3v) is 5.58. The lowest BCUT2D eigenvalue weighted by Crippen LogP contribution is -2.41. The number of halogens is 8. The molecule has 2 aromatic carbocycles. The molecule has 0 N–H and O–H groups in total. The average molecular weight is 480 g/mol. The molecule has 0 saturated heterocycles. The van der Waals surface area contributed by atoms with E-state index >= 15 is 0 Å². The van der Waals surface area contributed by atoms with Gasteiger partial charge in [0.15, 0.2) is 17.5 Å². The van der Waals surface area contributed by atoms with Gasteiger partial charge in [-0.1, -0.05) is 30.3 Å². The number of rotatable bonds is 5. The molecule has 0 aromatic heterocycles. The van der Waals surface area contributed by atoms with Crippen molar-refractivity contribution >= 4 is 22.4 Å². The van der Waals surface area contributed by atoms with Crippen molar-refractivity contribution in [2.24, 2.45) is 0 Å². The van der Waals surface area contributed by atoms with Crippen molar-refractivity contribution in [1.82, 2.24) is 0 Å². The predicted molar refractivity (Wildman–Crippen MR) is 103 cm³/mol. The molecule has 13 heteroatoms. The highest BCUT2D eigenvalue weighted by molar-refractivity contribution is 8.01. The summed E-state index contributed by atoms with van der Waals surface area (Å²) >= 11 is 0. The molecule has 170 valence electrons. The fraction of sp³-hybridized carbons (Fsp3) is 0.158. The van der Waals surface area contributed by atoms with Gasteiger partial charge >= 0.3 is 6.98 Å². The molecule has 2 aromatic rings. The van der Waals surface area contributed by atoms with Crippen molar-refractivity contribution in [1.29, 1.82) is 10.5 Å². The molecular formula is C19H13BF8N2OS. The minimum Gasteiger partial charge on any atom is -0.445 e. The maximum absolute atomic E-state index is 12.5. The molecule has 0 bridgehead atoms. The Bertz CT molecular complexity index is 1090. The molecule has 0 saturated carbocycles. The Hall–Kier alpha value is -3.19. The number of hydrogen-bond acceptors (Lipinski definition) is 3. The maximum Gasteiger partial charge on any atom is 0.515 e. The van der Waals surface area contributed by atoms with E-state index in [1.807, 2.05) is 30.3 Å². The van der Waals surface area contributed by atoms with E-state index in [1.165, 1.54) is 6.08 Å². The van der Waals surface area contributed by atoms with Gasteiger partial charge in [0.05, 0.1) is 9.93 Å². The highest BCUT2D eigenvalue weighted by Gasteiger charge is 2.37. The lowest BCUT2D eigenvalue weighted by molar-refractivity contribution is 0.377. The summed E-state index contributed by atoms with van der Waals surface area (Å²) in [6.45, 7) is -6.30. The largest absolute Gasteiger partial charge is 0.515 e. The lowest BCUT2D eigenvalue weighted by Gasteiger charge is -2.17. The van der Waals surface area contributed by atoms with Crippen molar-refractivity contribution in [2.45, 2.75) is 5.75 Å². The van der Waals surface area contributed by atoms with Crippen LogP contribution in [0.1, 0.15) is 5.56 Å². The molecule has 0 aliphatic rings. The Morgan fingerprint density at radius 3 is 1.75 bits per heavy atom. The van der Waals surface area contributed by atoms with Crippen molar-refractivity contribution in [2.75, 3.05) is 12.0 Å². The van der Waals surface area contributed by atoms with E-state index in [-0.39, 0.29) is 11.3 Å². The van der Waals surface area contributed by atoms with E-state index in [0.717, 1.165) is 5.56 Å². The average Bonchev–Trinajstić information content (AvgIpc) is 2.71. The summed E-state index contributed by atoms with van der Waals surface area (Å²) in [5, 5.41) is 17.2. The second-order valence-corrected chi connectivity index (χ2v) is 9.37. The highest BCUT2D eigenvalue weighted by Crippen LogP contribution is 2.21. The molecule has 1 atom stereocenters. The van der Waals surface area contributed by atoms with Gasteiger partial charge in [-0.3, -0.25) is 0 Å². The van der Waals surface area contributed by atoms with Crippen LogP contribution in [0.4, 0.5) is 34.9 Å². The summed E-state index contributed by atoms with van der Waals surface area (Å²) in [5.41, 5.74) is -1.71. The maximum atomic E-state index is 12.5. The van der Waals surface area contributed by atoms with E-state index in [1.54, 1.807) is 18.4 Å². The van der Waals surface area contributed by atoms with Gasteiger partial charge in [-0.2, -0.15) is 10.5 Å². The normalized spacial score (nSPS) is 12.5. The Balaban J connectivity index is 0.000000323. The minimum absolute atomic E-state index is 0.0210. The van der Waals surface area contributed by atoms with Crippen LogP contribution in [-0.2, 0) is 19.9 Å². The molecule has 0 aliphatic heterocycles. The summed E-state index contributed by atoms with van der Waals surface area (Å²) in [6.07, 6.45) is 3.12. The SMILES string of the molecule is C[S+](=O)(CC=C(C#N)C#N)Cc1ccccc1.Fc1c(F)c(F)c([B-](F)(F)F)c(F)c1F. The van der Waals surface area contributed by atoms with E-state index in [0.29, 0.717) is 5.75 Å². The van der Waals surface area contributed by atoms with Gasteiger partial charge < -0.3 is 12.9 Å². The molecule has 32 heavy (non-hydrogen) atoms. The van der Waals surface area contributed by atoms with Gasteiger partial charge in [-0.25, -0.2) is 22.0 Å². The molecular weight excluding hydrogens is 467 g/mol. The molecule has 0 aliphatic carbocycles. The Labute approximate surface area is 179 Å². The van der Waals surface area contributed by atoms with Crippen LogP contribution >= 0.6 is 0 Å². The number of nitrogens with zero attached hydrogens (tertiary/aromatic N) is 2. The van der Waals surface area contributed by atoms with Crippen LogP contribution in [0, 0.1) is 51.7 Å². The number of hydrogen-bond donors (Lipinski definition) is 0. The van der Waals surface area contributed by atoms with Crippen LogP contribution in [0.15, 0.2) is 42.0 Å². The first-order valence-corrected chi connectivity index (χ1v) is 10.8. The number of nitriles is 2. The van der Waals surface area contributed by atoms with E-state index < -0.39 is 51.5 Å². The molecule has 3 nitrogen and oxygen atoms in total. The van der Waals surface area contributed by atoms with Gasteiger partial charge in [-0.05, 0) is 11.5 Å². The minimum atomic E-state index is -6.30. The smallest absolute Gasteiger partial charge is 0.445 e. The summed E-state index contributed by atoms with van der Waals surface area (Å²) in [6, 6.07) is 13.1. The first kappa shape index (κ1) is 26.8. The van der Waals surface area contributed by atoms with Crippen molar-refractivity contribution < 1.29 is 39.1 Å². The second kappa shape index (κ2) is 10.9. The fourth-order valence-electron chi connectivity index (χ4n) is 2.27. The zero-order valence-electron chi connectivity index (χ0n) is 16.2. The molecule has 2 rings (SSSR count). The third-order valence-electron chi connectivity index (χ3n) is 3.77. The van der Waals surface area contributed by atoms with Crippen LogP contribution in [-0.4, -0.2) is 19.0 Å². The predicted octanol–water partition coefficient (Wildman–Crippen LogP) is 4.73. The van der Waals surface area contributed by atoms with Crippen LogP contribution in [0.25, 0.3) is 0 Å². The molecule has 0 radical (unpaired) electrons. The lowest BCUT2D eigenvalue weighted by atomic mass is 9.79. The Morgan fingerprint density at radius 2 is 1.34 bits per heavy atom. The summed E-state index contributed by atoms with van der Waals surface area (Å²) in [7, 11) is -2.08. The standard InChI is InChI=1S/C13H13N2OS.C6BF8/c1-17(16,8-7-13(9-14)10-15)11-12-5-3-2-4-6-12;8-2-1(7(13,14)15)3(9)5(11)6(12)4(2)10/h2-7H,8,11H2,1H3;/q+1;-1. The summed E-state index contributed by atoms with van der Waals surface area (Å²) in [5.74, 6) is -12.8. The van der Waals surface area contributed by atoms with Crippen LogP contribution < -0.4 is 5.46 Å².